The van der Waals surface area contributed by atoms with E-state index in [9.17, 15) is 4.79 Å². The van der Waals surface area contributed by atoms with E-state index in [2.05, 4.69) is 25.7 Å². The predicted molar refractivity (Wildman–Crippen MR) is 83.7 cm³/mol. The molecule has 0 aliphatic carbocycles. The molecule has 0 amide bonds. The summed E-state index contributed by atoms with van der Waals surface area (Å²) >= 11 is 0. The highest BCUT2D eigenvalue weighted by Crippen LogP contribution is 2.30. The van der Waals surface area contributed by atoms with Crippen LogP contribution in [0.1, 0.15) is 66.2 Å². The molecular formula is C17H33NO2. The molecule has 0 unspecified atom stereocenters. The molecule has 0 spiro atoms. The molecule has 1 rings (SSSR count). The molecule has 0 aromatic carbocycles. The van der Waals surface area contributed by atoms with E-state index in [-0.39, 0.29) is 5.97 Å². The number of hydrogen-bond acceptors (Lipinski definition) is 3. The number of hydrogen-bond donors (Lipinski definition) is 0. The lowest BCUT2D eigenvalue weighted by Gasteiger charge is -2.35. The summed E-state index contributed by atoms with van der Waals surface area (Å²) in [6, 6.07) is 0. The van der Waals surface area contributed by atoms with Gasteiger partial charge in [0, 0.05) is 6.42 Å². The molecule has 1 heterocycles. The van der Waals surface area contributed by atoms with Crippen LogP contribution in [0.4, 0.5) is 0 Å². The zero-order chi connectivity index (χ0) is 15.0. The van der Waals surface area contributed by atoms with Crippen LogP contribution in [0.15, 0.2) is 0 Å². The molecular weight excluding hydrogens is 250 g/mol. The van der Waals surface area contributed by atoms with Gasteiger partial charge in [-0.25, -0.2) is 0 Å². The summed E-state index contributed by atoms with van der Waals surface area (Å²) in [5.74, 6) is 0.518. The average Bonchev–Trinajstić information content (AvgIpc) is 2.46. The van der Waals surface area contributed by atoms with Gasteiger partial charge < -0.3 is 9.64 Å². The number of likely N-dealkylation sites (tertiary alicyclic amines) is 1. The first-order valence-corrected chi connectivity index (χ1v) is 8.41. The van der Waals surface area contributed by atoms with Crippen LogP contribution in [-0.4, -0.2) is 37.1 Å². The molecule has 0 aromatic rings. The van der Waals surface area contributed by atoms with Gasteiger partial charge in [0.25, 0.3) is 0 Å². The van der Waals surface area contributed by atoms with E-state index >= 15 is 0 Å². The highest BCUT2D eigenvalue weighted by atomic mass is 16.5. The van der Waals surface area contributed by atoms with Crippen molar-refractivity contribution >= 4 is 5.97 Å². The average molecular weight is 283 g/mol. The number of esters is 1. The van der Waals surface area contributed by atoms with Crippen LogP contribution in [-0.2, 0) is 9.53 Å². The standard InChI is InChI=1S/C17H33NO2/c1-5-17(4,6-2)10-13-18-11-8-15(9-12-18)14-16(19)20-7-3/h15H,5-14H2,1-4H3. The fourth-order valence-electron chi connectivity index (χ4n) is 2.90. The summed E-state index contributed by atoms with van der Waals surface area (Å²) in [6.07, 6.45) is 6.74. The maximum atomic E-state index is 11.5. The highest BCUT2D eigenvalue weighted by Gasteiger charge is 2.24. The summed E-state index contributed by atoms with van der Waals surface area (Å²) in [6.45, 7) is 12.9. The Morgan fingerprint density at radius 1 is 1.20 bits per heavy atom. The second-order valence-electron chi connectivity index (χ2n) is 6.56. The van der Waals surface area contributed by atoms with E-state index in [1.54, 1.807) is 0 Å². The van der Waals surface area contributed by atoms with Crippen molar-refractivity contribution in [3.63, 3.8) is 0 Å². The van der Waals surface area contributed by atoms with E-state index in [1.807, 2.05) is 6.92 Å². The third-order valence-electron chi connectivity index (χ3n) is 5.21. The summed E-state index contributed by atoms with van der Waals surface area (Å²) in [7, 11) is 0. The summed E-state index contributed by atoms with van der Waals surface area (Å²) in [4.78, 5) is 14.1. The third kappa shape index (κ3) is 5.82. The van der Waals surface area contributed by atoms with Crippen LogP contribution in [0.25, 0.3) is 0 Å². The van der Waals surface area contributed by atoms with Crippen LogP contribution in [0, 0.1) is 11.3 Å². The fourth-order valence-corrected chi connectivity index (χ4v) is 2.90. The second kappa shape index (κ2) is 8.66. The van der Waals surface area contributed by atoms with E-state index < -0.39 is 0 Å². The zero-order valence-corrected chi connectivity index (χ0v) is 13.9. The molecule has 0 aromatic heterocycles. The van der Waals surface area contributed by atoms with Gasteiger partial charge in [0.15, 0.2) is 0 Å². The molecule has 1 aliphatic heterocycles. The Bertz CT molecular complexity index is 279. The number of carbonyl (C=O) groups excluding carboxylic acids is 1. The van der Waals surface area contributed by atoms with Crippen molar-refractivity contribution < 1.29 is 9.53 Å². The largest absolute Gasteiger partial charge is 0.466 e. The lowest BCUT2D eigenvalue weighted by molar-refractivity contribution is -0.144. The first kappa shape index (κ1) is 17.5. The Balaban J connectivity index is 2.23. The van der Waals surface area contributed by atoms with Gasteiger partial charge in [-0.1, -0.05) is 33.6 Å². The lowest BCUT2D eigenvalue weighted by Crippen LogP contribution is -2.36. The number of nitrogens with zero attached hydrogens (tertiary/aromatic N) is 1. The van der Waals surface area contributed by atoms with E-state index in [1.165, 1.54) is 25.8 Å². The van der Waals surface area contributed by atoms with Gasteiger partial charge in [0.2, 0.25) is 0 Å². The molecule has 118 valence electrons. The molecule has 1 saturated heterocycles. The zero-order valence-electron chi connectivity index (χ0n) is 13.9. The molecule has 0 saturated carbocycles. The second-order valence-corrected chi connectivity index (χ2v) is 6.56. The molecule has 0 atom stereocenters. The lowest BCUT2D eigenvalue weighted by atomic mass is 9.81. The quantitative estimate of drug-likeness (QED) is 0.633. The number of carbonyl (C=O) groups is 1. The molecule has 0 radical (unpaired) electrons. The molecule has 0 bridgehead atoms. The third-order valence-corrected chi connectivity index (χ3v) is 5.21. The first-order valence-electron chi connectivity index (χ1n) is 8.41. The molecule has 1 fully saturated rings. The van der Waals surface area contributed by atoms with Crippen molar-refractivity contribution in [1.82, 2.24) is 4.90 Å². The van der Waals surface area contributed by atoms with E-state index in [0.717, 1.165) is 25.9 Å². The van der Waals surface area contributed by atoms with E-state index in [0.29, 0.717) is 24.4 Å². The molecule has 20 heavy (non-hydrogen) atoms. The van der Waals surface area contributed by atoms with Crippen LogP contribution in [0.5, 0.6) is 0 Å². The Morgan fingerprint density at radius 3 is 2.30 bits per heavy atom. The molecule has 3 nitrogen and oxygen atoms in total. The van der Waals surface area contributed by atoms with Gasteiger partial charge in [-0.05, 0) is 57.2 Å². The van der Waals surface area contributed by atoms with Crippen molar-refractivity contribution in [3.8, 4) is 0 Å². The molecule has 3 heteroatoms. The Morgan fingerprint density at radius 2 is 1.80 bits per heavy atom. The summed E-state index contributed by atoms with van der Waals surface area (Å²) in [5.41, 5.74) is 0.502. The molecule has 1 aliphatic rings. The summed E-state index contributed by atoms with van der Waals surface area (Å²) < 4.78 is 5.04. The molecule has 0 N–H and O–H groups in total. The Labute approximate surface area is 125 Å². The van der Waals surface area contributed by atoms with Crippen LogP contribution in [0.3, 0.4) is 0 Å². The summed E-state index contributed by atoms with van der Waals surface area (Å²) in [5, 5.41) is 0. The van der Waals surface area contributed by atoms with Gasteiger partial charge in [0.1, 0.15) is 0 Å². The monoisotopic (exact) mass is 283 g/mol. The van der Waals surface area contributed by atoms with Crippen molar-refractivity contribution in [2.75, 3.05) is 26.2 Å². The Kier molecular flexibility index (Phi) is 7.57. The highest BCUT2D eigenvalue weighted by molar-refractivity contribution is 5.69. The number of piperidine rings is 1. The normalized spacial score (nSPS) is 18.2. The van der Waals surface area contributed by atoms with Crippen molar-refractivity contribution in [3.05, 3.63) is 0 Å². The topological polar surface area (TPSA) is 29.5 Å². The van der Waals surface area contributed by atoms with E-state index in [4.69, 9.17) is 4.74 Å². The van der Waals surface area contributed by atoms with Gasteiger partial charge in [-0.3, -0.25) is 4.79 Å². The van der Waals surface area contributed by atoms with Crippen molar-refractivity contribution in [2.24, 2.45) is 11.3 Å². The van der Waals surface area contributed by atoms with Crippen molar-refractivity contribution in [2.45, 2.75) is 66.2 Å². The van der Waals surface area contributed by atoms with Crippen molar-refractivity contribution in [1.29, 1.82) is 0 Å². The minimum absolute atomic E-state index is 0.0181. The smallest absolute Gasteiger partial charge is 0.306 e. The minimum atomic E-state index is -0.0181. The van der Waals surface area contributed by atoms with Crippen LogP contribution < -0.4 is 0 Å². The van der Waals surface area contributed by atoms with Gasteiger partial charge in [-0.2, -0.15) is 0 Å². The minimum Gasteiger partial charge on any atom is -0.466 e. The SMILES string of the molecule is CCOC(=O)CC1CCN(CCC(C)(CC)CC)CC1. The Hall–Kier alpha value is -0.570. The number of rotatable bonds is 8. The predicted octanol–water partition coefficient (Wildman–Crippen LogP) is 3.87. The fraction of sp³-hybridized carbons (Fsp3) is 0.941. The first-order chi connectivity index (χ1) is 9.53. The van der Waals surface area contributed by atoms with Crippen LogP contribution >= 0.6 is 0 Å². The maximum Gasteiger partial charge on any atom is 0.306 e. The van der Waals surface area contributed by atoms with Crippen LogP contribution in [0.2, 0.25) is 0 Å². The van der Waals surface area contributed by atoms with Gasteiger partial charge in [-0.15, -0.1) is 0 Å². The van der Waals surface area contributed by atoms with Gasteiger partial charge >= 0.3 is 5.97 Å². The maximum absolute atomic E-state index is 11.5. The van der Waals surface area contributed by atoms with Gasteiger partial charge in [0.05, 0.1) is 6.61 Å². The number of ether oxygens (including phenoxy) is 1.